The number of aromatic nitrogens is 2. The van der Waals surface area contributed by atoms with Crippen LogP contribution in [-0.2, 0) is 9.59 Å². The summed E-state index contributed by atoms with van der Waals surface area (Å²) in [5, 5.41) is 17.1. The van der Waals surface area contributed by atoms with Gasteiger partial charge in [-0.3, -0.25) is 9.69 Å². The van der Waals surface area contributed by atoms with Crippen LogP contribution in [0.2, 0.25) is 0 Å². The van der Waals surface area contributed by atoms with Crippen molar-refractivity contribution in [3.63, 3.8) is 0 Å². The third-order valence-electron chi connectivity index (χ3n) is 3.08. The number of rotatable bonds is 4. The monoisotopic (exact) mass is 345 g/mol. The largest absolute Gasteiger partial charge is 0.477 e. The van der Waals surface area contributed by atoms with Crippen molar-refractivity contribution >= 4 is 51.9 Å². The molecular weight excluding hydrogens is 334 g/mol. The van der Waals surface area contributed by atoms with Gasteiger partial charge >= 0.3 is 5.97 Å². The number of carbonyl (C=O) groups is 2. The molecule has 0 aliphatic carbocycles. The number of fused-ring (bicyclic) bond motifs is 1. The molecule has 0 spiro atoms. The number of amides is 1. The predicted octanol–water partition coefficient (Wildman–Crippen LogP) is -0.207. The number of nitrogens with zero attached hydrogens (tertiary/aromatic N) is 3. The van der Waals surface area contributed by atoms with Gasteiger partial charge < -0.3 is 16.6 Å². The molecule has 5 N–H and O–H groups in total. The number of β-lactam (4-membered cyclic amide) rings is 1. The van der Waals surface area contributed by atoms with Crippen LogP contribution >= 0.6 is 34.9 Å². The highest BCUT2D eigenvalue weighted by Gasteiger charge is 2.51. The molecule has 0 aromatic carbocycles. The lowest BCUT2D eigenvalue weighted by Crippen LogP contribution is -2.68. The zero-order valence-corrected chi connectivity index (χ0v) is 13.0. The number of hydrogen-bond donors (Lipinski definition) is 3. The topological polar surface area (TPSA) is 135 Å². The SMILES string of the molecule is Nc1nnc(SCC2=C(C(=O)O)N3C(=O)C(N)[C@H]3SC2)s1. The Hall–Kier alpha value is -1.30. The molecule has 1 amide bonds. The molecule has 8 nitrogen and oxygen atoms in total. The fourth-order valence-corrected chi connectivity index (χ4v) is 5.19. The molecule has 112 valence electrons. The Labute approximate surface area is 132 Å². The lowest BCUT2D eigenvalue weighted by Gasteiger charge is -2.48. The minimum Gasteiger partial charge on any atom is -0.477 e. The predicted molar refractivity (Wildman–Crippen MR) is 80.8 cm³/mol. The Balaban J connectivity index is 1.81. The minimum absolute atomic E-state index is 0.0513. The molecular formula is C10H11N5O3S3. The number of nitrogens with two attached hydrogens (primary N) is 2. The smallest absolute Gasteiger partial charge is 0.352 e. The zero-order chi connectivity index (χ0) is 15.1. The van der Waals surface area contributed by atoms with Crippen molar-refractivity contribution in [2.75, 3.05) is 17.2 Å². The van der Waals surface area contributed by atoms with Gasteiger partial charge in [-0.05, 0) is 5.57 Å². The van der Waals surface area contributed by atoms with E-state index in [-0.39, 0.29) is 17.0 Å². The van der Waals surface area contributed by atoms with Crippen LogP contribution in [0.15, 0.2) is 15.6 Å². The average Bonchev–Trinajstić information content (AvgIpc) is 2.88. The number of hydrogen-bond acceptors (Lipinski definition) is 9. The molecule has 3 rings (SSSR count). The number of carboxylic acid groups (broad SMARTS) is 1. The second kappa shape index (κ2) is 5.48. The zero-order valence-electron chi connectivity index (χ0n) is 10.6. The summed E-state index contributed by atoms with van der Waals surface area (Å²) in [7, 11) is 0. The highest BCUT2D eigenvalue weighted by Crippen LogP contribution is 2.40. The van der Waals surface area contributed by atoms with Gasteiger partial charge in [0.2, 0.25) is 11.0 Å². The molecule has 1 fully saturated rings. The van der Waals surface area contributed by atoms with E-state index < -0.39 is 12.0 Å². The van der Waals surface area contributed by atoms with Gasteiger partial charge in [0, 0.05) is 11.5 Å². The minimum atomic E-state index is -1.10. The quantitative estimate of drug-likeness (QED) is 0.500. The molecule has 1 aromatic rings. The van der Waals surface area contributed by atoms with Crippen LogP contribution < -0.4 is 11.5 Å². The van der Waals surface area contributed by atoms with Crippen molar-refractivity contribution in [1.29, 1.82) is 0 Å². The Morgan fingerprint density at radius 3 is 2.90 bits per heavy atom. The Kier molecular flexibility index (Phi) is 3.82. The van der Waals surface area contributed by atoms with E-state index in [1.54, 1.807) is 0 Å². The Bertz CT molecular complexity index is 646. The average molecular weight is 345 g/mol. The first-order chi connectivity index (χ1) is 9.99. The third-order valence-corrected chi connectivity index (χ3v) is 6.42. The maximum absolute atomic E-state index is 11.8. The normalized spacial score (nSPS) is 24.8. The van der Waals surface area contributed by atoms with Gasteiger partial charge in [0.1, 0.15) is 17.1 Å². The van der Waals surface area contributed by atoms with Crippen LogP contribution in [0.1, 0.15) is 0 Å². The van der Waals surface area contributed by atoms with Gasteiger partial charge in [-0.25, -0.2) is 4.79 Å². The van der Waals surface area contributed by atoms with Gasteiger partial charge in [-0.2, -0.15) is 0 Å². The number of anilines is 1. The van der Waals surface area contributed by atoms with Crippen LogP contribution in [0.5, 0.6) is 0 Å². The van der Waals surface area contributed by atoms with Crippen molar-refractivity contribution in [2.45, 2.75) is 15.8 Å². The number of nitrogen functional groups attached to an aromatic ring is 1. The first-order valence-electron chi connectivity index (χ1n) is 5.86. The molecule has 1 aromatic heterocycles. The summed E-state index contributed by atoms with van der Waals surface area (Å²) in [6.07, 6.45) is 0. The van der Waals surface area contributed by atoms with Crippen LogP contribution in [0, 0.1) is 0 Å². The van der Waals surface area contributed by atoms with Gasteiger partial charge in [-0.15, -0.1) is 22.0 Å². The van der Waals surface area contributed by atoms with E-state index in [4.69, 9.17) is 11.5 Å². The molecule has 0 bridgehead atoms. The van der Waals surface area contributed by atoms with Crippen molar-refractivity contribution in [3.05, 3.63) is 11.3 Å². The third kappa shape index (κ3) is 2.50. The molecule has 0 saturated carbocycles. The molecule has 2 atom stereocenters. The maximum Gasteiger partial charge on any atom is 0.352 e. The molecule has 0 radical (unpaired) electrons. The van der Waals surface area contributed by atoms with Crippen molar-refractivity contribution < 1.29 is 14.7 Å². The summed E-state index contributed by atoms with van der Waals surface area (Å²) in [5.41, 5.74) is 11.9. The summed E-state index contributed by atoms with van der Waals surface area (Å²) in [4.78, 5) is 24.5. The van der Waals surface area contributed by atoms with E-state index in [0.717, 1.165) is 0 Å². The van der Waals surface area contributed by atoms with E-state index in [1.807, 2.05) is 0 Å². The van der Waals surface area contributed by atoms with Crippen LogP contribution in [0.25, 0.3) is 0 Å². The van der Waals surface area contributed by atoms with Crippen LogP contribution in [0.4, 0.5) is 5.13 Å². The summed E-state index contributed by atoms with van der Waals surface area (Å²) in [6.45, 7) is 0. The van der Waals surface area contributed by atoms with Crippen molar-refractivity contribution in [3.8, 4) is 0 Å². The lowest BCUT2D eigenvalue weighted by molar-refractivity contribution is -0.147. The fourth-order valence-electron chi connectivity index (χ4n) is 2.12. The van der Waals surface area contributed by atoms with E-state index in [2.05, 4.69) is 10.2 Å². The summed E-state index contributed by atoms with van der Waals surface area (Å²) < 4.78 is 0.670. The second-order valence-electron chi connectivity index (χ2n) is 4.39. The van der Waals surface area contributed by atoms with Crippen molar-refractivity contribution in [2.24, 2.45) is 5.73 Å². The van der Waals surface area contributed by atoms with E-state index in [0.29, 0.717) is 26.6 Å². The summed E-state index contributed by atoms with van der Waals surface area (Å²) >= 11 is 4.09. The summed E-state index contributed by atoms with van der Waals surface area (Å²) in [5.74, 6) is -0.486. The van der Waals surface area contributed by atoms with Gasteiger partial charge in [0.25, 0.3) is 0 Å². The molecule has 2 aliphatic rings. The molecule has 1 saturated heterocycles. The second-order valence-corrected chi connectivity index (χ2v) is 7.72. The number of thioether (sulfide) groups is 2. The van der Waals surface area contributed by atoms with Gasteiger partial charge in [0.05, 0.1) is 0 Å². The summed E-state index contributed by atoms with van der Waals surface area (Å²) in [6, 6.07) is -0.610. The van der Waals surface area contributed by atoms with Crippen LogP contribution in [0.3, 0.4) is 0 Å². The first-order valence-corrected chi connectivity index (χ1v) is 8.71. The van der Waals surface area contributed by atoms with E-state index >= 15 is 0 Å². The number of aliphatic carboxylic acids is 1. The van der Waals surface area contributed by atoms with E-state index in [9.17, 15) is 14.7 Å². The van der Waals surface area contributed by atoms with Crippen LogP contribution in [-0.4, -0.2) is 55.0 Å². The number of carboxylic acids is 1. The fraction of sp³-hybridized carbons (Fsp3) is 0.400. The standard InChI is InChI=1S/C10H11N5O3S3/c11-4-6(16)15-5(8(17)18)3(1-19-7(4)15)2-20-10-14-13-9(12)21-10/h4,7H,1-2,11H2,(H2,12,13)(H,17,18)/t4?,7-/m1/s1. The highest BCUT2D eigenvalue weighted by molar-refractivity contribution is 8.01. The van der Waals surface area contributed by atoms with Crippen molar-refractivity contribution in [1.82, 2.24) is 15.1 Å². The lowest BCUT2D eigenvalue weighted by atomic mass is 10.0. The first kappa shape index (κ1) is 14.6. The molecule has 11 heteroatoms. The maximum atomic E-state index is 11.8. The van der Waals surface area contributed by atoms with E-state index in [1.165, 1.54) is 39.8 Å². The Morgan fingerprint density at radius 2 is 2.29 bits per heavy atom. The Morgan fingerprint density at radius 1 is 1.52 bits per heavy atom. The van der Waals surface area contributed by atoms with Gasteiger partial charge in [0.15, 0.2) is 4.34 Å². The van der Waals surface area contributed by atoms with Gasteiger partial charge in [-0.1, -0.05) is 23.1 Å². The molecule has 2 aliphatic heterocycles. The molecule has 1 unspecified atom stereocenters. The number of carbonyl (C=O) groups excluding carboxylic acids is 1. The molecule has 3 heterocycles. The molecule has 21 heavy (non-hydrogen) atoms. The highest BCUT2D eigenvalue weighted by atomic mass is 32.2.